The van der Waals surface area contributed by atoms with Crippen LogP contribution in [-0.4, -0.2) is 25.9 Å². The molecule has 0 aliphatic heterocycles. The predicted molar refractivity (Wildman–Crippen MR) is 66.8 cm³/mol. The van der Waals surface area contributed by atoms with Gasteiger partial charge in [0.2, 0.25) is 5.43 Å². The molecule has 3 N–H and O–H groups in total. The number of phenols is 2. The molecule has 98 valence electrons. The van der Waals surface area contributed by atoms with Crippen LogP contribution >= 0.6 is 0 Å². The molecule has 1 heterocycles. The molecule has 1 saturated carbocycles. The Balaban J connectivity index is 2.45. The van der Waals surface area contributed by atoms with E-state index < -0.39 is 17.1 Å². The van der Waals surface area contributed by atoms with Crippen molar-refractivity contribution in [3.8, 4) is 11.5 Å². The molecule has 0 radical (unpaired) electrons. The molecule has 0 amide bonds. The largest absolute Gasteiger partial charge is 0.504 e. The lowest BCUT2D eigenvalue weighted by Gasteiger charge is -2.12. The van der Waals surface area contributed by atoms with Gasteiger partial charge in [0, 0.05) is 18.3 Å². The van der Waals surface area contributed by atoms with Crippen LogP contribution in [0.5, 0.6) is 11.5 Å². The van der Waals surface area contributed by atoms with Crippen LogP contribution in [0.25, 0.3) is 10.9 Å². The van der Waals surface area contributed by atoms with E-state index in [-0.39, 0.29) is 22.7 Å². The Labute approximate surface area is 107 Å². The summed E-state index contributed by atoms with van der Waals surface area (Å²) in [5.74, 6) is -2.06. The maximum absolute atomic E-state index is 12.0. The maximum atomic E-state index is 12.0. The lowest BCUT2D eigenvalue weighted by atomic mass is 10.1. The molecule has 6 heteroatoms. The van der Waals surface area contributed by atoms with E-state index in [0.717, 1.165) is 18.9 Å². The van der Waals surface area contributed by atoms with Gasteiger partial charge >= 0.3 is 5.97 Å². The SMILES string of the molecule is O=C(O)c1cn(C2CC2)c2cc(O)c(O)cc2c1=O. The lowest BCUT2D eigenvalue weighted by molar-refractivity contribution is 0.0695. The van der Waals surface area contributed by atoms with Gasteiger partial charge in [-0.1, -0.05) is 0 Å². The standard InChI is InChI=1S/C13H11NO5/c15-10-3-7-9(4-11(10)16)14(6-1-2-6)5-8(12(7)17)13(18)19/h3-6,15-16H,1-2H2,(H,18,19). The Morgan fingerprint density at radius 2 is 1.84 bits per heavy atom. The number of pyridine rings is 1. The number of aromatic hydroxyl groups is 2. The third-order valence-electron chi connectivity index (χ3n) is 3.30. The molecule has 0 atom stereocenters. The molecule has 0 unspecified atom stereocenters. The van der Waals surface area contributed by atoms with Crippen molar-refractivity contribution in [3.05, 3.63) is 34.1 Å². The van der Waals surface area contributed by atoms with Crippen LogP contribution in [0.3, 0.4) is 0 Å². The molecular weight excluding hydrogens is 250 g/mol. The summed E-state index contributed by atoms with van der Waals surface area (Å²) in [6.07, 6.45) is 3.11. The highest BCUT2D eigenvalue weighted by Crippen LogP contribution is 2.38. The van der Waals surface area contributed by atoms with Crippen molar-refractivity contribution >= 4 is 16.9 Å². The van der Waals surface area contributed by atoms with Crippen molar-refractivity contribution in [2.75, 3.05) is 0 Å². The zero-order chi connectivity index (χ0) is 13.7. The highest BCUT2D eigenvalue weighted by Gasteiger charge is 2.27. The van der Waals surface area contributed by atoms with Gasteiger partial charge in [0.1, 0.15) is 5.56 Å². The first-order chi connectivity index (χ1) is 8.99. The van der Waals surface area contributed by atoms with Gasteiger partial charge in [-0.2, -0.15) is 0 Å². The lowest BCUT2D eigenvalue weighted by Crippen LogP contribution is -2.18. The average molecular weight is 261 g/mol. The quantitative estimate of drug-likeness (QED) is 0.710. The van der Waals surface area contributed by atoms with E-state index >= 15 is 0 Å². The third-order valence-corrected chi connectivity index (χ3v) is 3.30. The van der Waals surface area contributed by atoms with Gasteiger partial charge in [-0.15, -0.1) is 0 Å². The number of aromatic carboxylic acids is 1. The molecular formula is C13H11NO5. The van der Waals surface area contributed by atoms with Crippen molar-refractivity contribution in [2.45, 2.75) is 18.9 Å². The minimum Gasteiger partial charge on any atom is -0.504 e. The van der Waals surface area contributed by atoms with Crippen molar-refractivity contribution in [2.24, 2.45) is 0 Å². The first-order valence-corrected chi connectivity index (χ1v) is 5.83. The molecule has 0 bridgehead atoms. The molecule has 1 aliphatic carbocycles. The fraction of sp³-hybridized carbons (Fsp3) is 0.231. The number of hydrogen-bond acceptors (Lipinski definition) is 4. The number of hydrogen-bond donors (Lipinski definition) is 3. The summed E-state index contributed by atoms with van der Waals surface area (Å²) in [6, 6.07) is 2.54. The second-order valence-electron chi connectivity index (χ2n) is 4.67. The third kappa shape index (κ3) is 1.72. The molecule has 1 aromatic heterocycles. The minimum absolute atomic E-state index is 0.0992. The number of benzene rings is 1. The number of fused-ring (bicyclic) bond motifs is 1. The van der Waals surface area contributed by atoms with E-state index in [4.69, 9.17) is 5.11 Å². The average Bonchev–Trinajstić information content (AvgIpc) is 3.16. The fourth-order valence-corrected chi connectivity index (χ4v) is 2.18. The highest BCUT2D eigenvalue weighted by atomic mass is 16.4. The van der Waals surface area contributed by atoms with Gasteiger partial charge in [0.25, 0.3) is 0 Å². The number of carbonyl (C=O) groups is 1. The van der Waals surface area contributed by atoms with Crippen molar-refractivity contribution in [1.82, 2.24) is 4.57 Å². The zero-order valence-corrected chi connectivity index (χ0v) is 9.83. The summed E-state index contributed by atoms with van der Waals surface area (Å²) < 4.78 is 1.68. The van der Waals surface area contributed by atoms with Gasteiger partial charge < -0.3 is 19.9 Å². The van der Waals surface area contributed by atoms with Crippen molar-refractivity contribution in [3.63, 3.8) is 0 Å². The molecule has 19 heavy (non-hydrogen) atoms. The van der Waals surface area contributed by atoms with Crippen LogP contribution < -0.4 is 5.43 Å². The van der Waals surface area contributed by atoms with Crippen molar-refractivity contribution < 1.29 is 20.1 Å². The van der Waals surface area contributed by atoms with Crippen LogP contribution in [0.2, 0.25) is 0 Å². The molecule has 3 rings (SSSR count). The van der Waals surface area contributed by atoms with Gasteiger partial charge in [-0.3, -0.25) is 4.79 Å². The van der Waals surface area contributed by atoms with E-state index in [1.54, 1.807) is 4.57 Å². The Kier molecular flexibility index (Phi) is 2.28. The maximum Gasteiger partial charge on any atom is 0.341 e. The first kappa shape index (κ1) is 11.6. The number of phenolic OH excluding ortho intramolecular Hbond substituents is 2. The molecule has 2 aromatic rings. The molecule has 0 saturated heterocycles. The monoisotopic (exact) mass is 261 g/mol. The number of carboxylic acid groups (broad SMARTS) is 1. The van der Waals surface area contributed by atoms with E-state index in [0.29, 0.717) is 5.52 Å². The zero-order valence-electron chi connectivity index (χ0n) is 9.83. The predicted octanol–water partition coefficient (Wildman–Crippen LogP) is 1.45. The minimum atomic E-state index is -1.30. The second kappa shape index (κ2) is 3.74. The molecule has 1 fully saturated rings. The summed E-state index contributed by atoms with van der Waals surface area (Å²) in [5.41, 5.74) is -0.549. The van der Waals surface area contributed by atoms with Crippen LogP contribution in [-0.2, 0) is 0 Å². The Bertz CT molecular complexity index is 758. The second-order valence-corrected chi connectivity index (χ2v) is 4.67. The van der Waals surface area contributed by atoms with E-state index in [1.165, 1.54) is 12.3 Å². The number of aromatic nitrogens is 1. The summed E-state index contributed by atoms with van der Waals surface area (Å²) >= 11 is 0. The molecule has 6 nitrogen and oxygen atoms in total. The summed E-state index contributed by atoms with van der Waals surface area (Å²) in [4.78, 5) is 23.1. The van der Waals surface area contributed by atoms with Gasteiger partial charge in [0.15, 0.2) is 11.5 Å². The Morgan fingerprint density at radius 1 is 1.21 bits per heavy atom. The van der Waals surface area contributed by atoms with E-state index in [9.17, 15) is 19.8 Å². The Morgan fingerprint density at radius 3 is 2.42 bits per heavy atom. The summed E-state index contributed by atoms with van der Waals surface area (Å²) in [5, 5.41) is 28.2. The van der Waals surface area contributed by atoms with Crippen LogP contribution in [0.15, 0.2) is 23.1 Å². The molecule has 0 spiro atoms. The smallest absolute Gasteiger partial charge is 0.341 e. The fourth-order valence-electron chi connectivity index (χ4n) is 2.18. The topological polar surface area (TPSA) is 99.8 Å². The van der Waals surface area contributed by atoms with Gasteiger partial charge in [0.05, 0.1) is 10.9 Å². The highest BCUT2D eigenvalue weighted by molar-refractivity contribution is 5.93. The van der Waals surface area contributed by atoms with Crippen LogP contribution in [0, 0.1) is 0 Å². The van der Waals surface area contributed by atoms with Crippen LogP contribution in [0.1, 0.15) is 29.2 Å². The molecule has 1 aromatic carbocycles. The van der Waals surface area contributed by atoms with E-state index in [1.807, 2.05) is 0 Å². The van der Waals surface area contributed by atoms with Crippen LogP contribution in [0.4, 0.5) is 0 Å². The normalized spacial score (nSPS) is 14.7. The van der Waals surface area contributed by atoms with Gasteiger partial charge in [-0.25, -0.2) is 4.79 Å². The Hall–Kier alpha value is -2.50. The number of nitrogens with zero attached hydrogens (tertiary/aromatic N) is 1. The summed E-state index contributed by atoms with van der Waals surface area (Å²) in [6.45, 7) is 0. The number of rotatable bonds is 2. The number of carboxylic acids is 1. The van der Waals surface area contributed by atoms with Gasteiger partial charge in [-0.05, 0) is 18.9 Å². The molecule has 1 aliphatic rings. The first-order valence-electron chi connectivity index (χ1n) is 5.83. The summed E-state index contributed by atoms with van der Waals surface area (Å²) in [7, 11) is 0. The van der Waals surface area contributed by atoms with E-state index in [2.05, 4.69) is 0 Å². The van der Waals surface area contributed by atoms with Crippen molar-refractivity contribution in [1.29, 1.82) is 0 Å².